The van der Waals surface area contributed by atoms with Crippen LogP contribution in [0.15, 0.2) is 24.3 Å². The summed E-state index contributed by atoms with van der Waals surface area (Å²) in [4.78, 5) is 15.3. The molecule has 1 aromatic carbocycles. The molecule has 0 radical (unpaired) electrons. The molecule has 2 aliphatic rings. The molecule has 3 rings (SSSR count). The van der Waals surface area contributed by atoms with Crippen LogP contribution >= 0.6 is 0 Å². The van der Waals surface area contributed by atoms with E-state index in [1.165, 1.54) is 17.0 Å². The molecule has 1 aromatic rings. The first kappa shape index (κ1) is 18.9. The summed E-state index contributed by atoms with van der Waals surface area (Å²) in [5.41, 5.74) is -1.25. The largest absolute Gasteiger partial charge is 0.465 e. The molecule has 0 aromatic heterocycles. The number of halogens is 3. The molecule has 144 valence electrons. The Bertz CT molecular complexity index is 647. The van der Waals surface area contributed by atoms with Gasteiger partial charge >= 0.3 is 12.3 Å². The van der Waals surface area contributed by atoms with Crippen molar-refractivity contribution in [2.45, 2.75) is 24.8 Å². The number of hydrogen-bond acceptors (Lipinski definition) is 4. The summed E-state index contributed by atoms with van der Waals surface area (Å²) < 4.78 is 44.0. The summed E-state index contributed by atoms with van der Waals surface area (Å²) in [6.07, 6.45) is -5.87. The quantitative estimate of drug-likeness (QED) is 0.832. The van der Waals surface area contributed by atoms with Crippen molar-refractivity contribution in [3.05, 3.63) is 35.4 Å². The molecule has 2 fully saturated rings. The number of nitrogens with zero attached hydrogens (tertiary/aromatic N) is 2. The molecular weight excluding hydrogens is 351 g/mol. The molecule has 9 heteroatoms. The minimum Gasteiger partial charge on any atom is -0.465 e. The van der Waals surface area contributed by atoms with E-state index < -0.39 is 23.4 Å². The number of morpholine rings is 1. The molecule has 0 bridgehead atoms. The summed E-state index contributed by atoms with van der Waals surface area (Å²) in [5.74, 6) is 0. The van der Waals surface area contributed by atoms with Crippen molar-refractivity contribution in [2.24, 2.45) is 0 Å². The molecule has 2 N–H and O–H groups in total. The number of benzene rings is 1. The SMILES string of the molecule is CC1(c2ccc(C(F)(F)F)cc2)C(N2CCOCC2)NCCN1C(=O)O. The van der Waals surface area contributed by atoms with Crippen LogP contribution in [0.1, 0.15) is 18.1 Å². The predicted octanol–water partition coefficient (Wildman–Crippen LogP) is 2.16. The lowest BCUT2D eigenvalue weighted by atomic mass is 9.83. The fourth-order valence-electron chi connectivity index (χ4n) is 3.82. The molecule has 6 nitrogen and oxygen atoms in total. The van der Waals surface area contributed by atoms with Gasteiger partial charge in [-0.05, 0) is 24.6 Å². The number of ether oxygens (including phenoxy) is 1. The molecule has 0 aliphatic carbocycles. The van der Waals surface area contributed by atoms with Crippen LogP contribution in [0.2, 0.25) is 0 Å². The first-order chi connectivity index (χ1) is 12.2. The Morgan fingerprint density at radius 3 is 2.38 bits per heavy atom. The second-order valence-electron chi connectivity index (χ2n) is 6.66. The van der Waals surface area contributed by atoms with E-state index in [4.69, 9.17) is 4.74 Å². The molecule has 2 atom stereocenters. The number of piperazine rings is 1. The fourth-order valence-corrected chi connectivity index (χ4v) is 3.82. The number of hydrogen-bond donors (Lipinski definition) is 2. The molecule has 26 heavy (non-hydrogen) atoms. The topological polar surface area (TPSA) is 65.0 Å². The van der Waals surface area contributed by atoms with E-state index in [2.05, 4.69) is 10.2 Å². The normalized spacial score (nSPS) is 28.2. The van der Waals surface area contributed by atoms with Gasteiger partial charge in [-0.15, -0.1) is 0 Å². The van der Waals surface area contributed by atoms with Gasteiger partial charge in [-0.1, -0.05) is 12.1 Å². The summed E-state index contributed by atoms with van der Waals surface area (Å²) >= 11 is 0. The number of carbonyl (C=O) groups is 1. The number of rotatable bonds is 2. The van der Waals surface area contributed by atoms with Crippen molar-refractivity contribution >= 4 is 6.09 Å². The van der Waals surface area contributed by atoms with Gasteiger partial charge in [0.05, 0.1) is 30.5 Å². The van der Waals surface area contributed by atoms with Gasteiger partial charge in [0.15, 0.2) is 0 Å². The van der Waals surface area contributed by atoms with Gasteiger partial charge in [0, 0.05) is 26.2 Å². The van der Waals surface area contributed by atoms with Gasteiger partial charge in [0.2, 0.25) is 0 Å². The zero-order valence-corrected chi connectivity index (χ0v) is 14.4. The average Bonchev–Trinajstić information content (AvgIpc) is 2.61. The minimum atomic E-state index is -4.43. The van der Waals surface area contributed by atoms with Gasteiger partial charge in [-0.2, -0.15) is 13.2 Å². The molecule has 2 saturated heterocycles. The monoisotopic (exact) mass is 373 g/mol. The van der Waals surface area contributed by atoms with E-state index in [0.717, 1.165) is 12.1 Å². The van der Waals surface area contributed by atoms with Gasteiger partial charge in [0.25, 0.3) is 0 Å². The van der Waals surface area contributed by atoms with Crippen molar-refractivity contribution in [3.8, 4) is 0 Å². The molecule has 2 aliphatic heterocycles. The van der Waals surface area contributed by atoms with Crippen LogP contribution in [0.4, 0.5) is 18.0 Å². The van der Waals surface area contributed by atoms with Crippen molar-refractivity contribution in [1.29, 1.82) is 0 Å². The highest BCUT2D eigenvalue weighted by Crippen LogP contribution is 2.38. The molecule has 0 saturated carbocycles. The Balaban J connectivity index is 2.01. The Kier molecular flexibility index (Phi) is 5.14. The maximum atomic E-state index is 12.9. The van der Waals surface area contributed by atoms with Crippen molar-refractivity contribution in [3.63, 3.8) is 0 Å². The van der Waals surface area contributed by atoms with E-state index in [-0.39, 0.29) is 12.7 Å². The lowest BCUT2D eigenvalue weighted by molar-refractivity contribution is -0.137. The maximum absolute atomic E-state index is 12.9. The Labute approximate surface area is 149 Å². The van der Waals surface area contributed by atoms with Gasteiger partial charge in [-0.25, -0.2) is 4.79 Å². The third kappa shape index (κ3) is 3.38. The molecule has 1 amide bonds. The highest BCUT2D eigenvalue weighted by molar-refractivity contribution is 5.67. The summed E-state index contributed by atoms with van der Waals surface area (Å²) in [6.45, 7) is 4.82. The lowest BCUT2D eigenvalue weighted by Gasteiger charge is -2.53. The lowest BCUT2D eigenvalue weighted by Crippen LogP contribution is -2.71. The number of alkyl halides is 3. The standard InChI is InChI=1S/C17H22F3N3O3/c1-16(12-2-4-13(5-3-12)17(18,19)20)14(22-8-10-26-11-9-22)21-6-7-23(16)15(24)25/h2-5,14,21H,6-11H2,1H3,(H,24,25). The van der Waals surface area contributed by atoms with E-state index in [0.29, 0.717) is 38.4 Å². The van der Waals surface area contributed by atoms with Crippen molar-refractivity contribution < 1.29 is 27.8 Å². The first-order valence-electron chi connectivity index (χ1n) is 8.48. The predicted molar refractivity (Wildman–Crippen MR) is 87.7 cm³/mol. The third-order valence-electron chi connectivity index (χ3n) is 5.20. The second-order valence-corrected chi connectivity index (χ2v) is 6.66. The van der Waals surface area contributed by atoms with E-state index >= 15 is 0 Å². The highest BCUT2D eigenvalue weighted by Gasteiger charge is 2.49. The Morgan fingerprint density at radius 2 is 1.85 bits per heavy atom. The summed E-state index contributed by atoms with van der Waals surface area (Å²) in [6, 6.07) is 4.76. The van der Waals surface area contributed by atoms with Crippen LogP contribution in [-0.2, 0) is 16.5 Å². The zero-order valence-electron chi connectivity index (χ0n) is 14.4. The first-order valence-corrected chi connectivity index (χ1v) is 8.48. The van der Waals surface area contributed by atoms with E-state index in [1.807, 2.05) is 0 Å². The van der Waals surface area contributed by atoms with Gasteiger partial charge in [0.1, 0.15) is 0 Å². The highest BCUT2D eigenvalue weighted by atomic mass is 19.4. The van der Waals surface area contributed by atoms with Crippen LogP contribution in [-0.4, -0.2) is 66.6 Å². The second kappa shape index (κ2) is 7.05. The van der Waals surface area contributed by atoms with Gasteiger partial charge in [-0.3, -0.25) is 15.1 Å². The average molecular weight is 373 g/mol. The smallest absolute Gasteiger partial charge is 0.416 e. The van der Waals surface area contributed by atoms with Crippen LogP contribution < -0.4 is 5.32 Å². The minimum absolute atomic E-state index is 0.258. The third-order valence-corrected chi connectivity index (χ3v) is 5.20. The summed E-state index contributed by atoms with van der Waals surface area (Å²) in [5, 5.41) is 13.1. The van der Waals surface area contributed by atoms with Crippen molar-refractivity contribution in [1.82, 2.24) is 15.1 Å². The molecular formula is C17H22F3N3O3. The maximum Gasteiger partial charge on any atom is 0.416 e. The fraction of sp³-hybridized carbons (Fsp3) is 0.588. The van der Waals surface area contributed by atoms with Crippen LogP contribution in [0.3, 0.4) is 0 Å². The van der Waals surface area contributed by atoms with Crippen LogP contribution in [0, 0.1) is 0 Å². The van der Waals surface area contributed by atoms with Gasteiger partial charge < -0.3 is 9.84 Å². The number of amides is 1. The zero-order chi connectivity index (χ0) is 18.9. The number of carboxylic acid groups (broad SMARTS) is 1. The van der Waals surface area contributed by atoms with E-state index in [9.17, 15) is 23.1 Å². The van der Waals surface area contributed by atoms with Crippen LogP contribution in [0.5, 0.6) is 0 Å². The molecule has 2 unspecified atom stereocenters. The summed E-state index contributed by atoms with van der Waals surface area (Å²) in [7, 11) is 0. The van der Waals surface area contributed by atoms with Crippen LogP contribution in [0.25, 0.3) is 0 Å². The Morgan fingerprint density at radius 1 is 1.23 bits per heavy atom. The van der Waals surface area contributed by atoms with Crippen molar-refractivity contribution in [2.75, 3.05) is 39.4 Å². The van der Waals surface area contributed by atoms with E-state index in [1.54, 1.807) is 6.92 Å². The molecule has 0 spiro atoms. The Hall–Kier alpha value is -1.84. The molecule has 2 heterocycles. The number of nitrogens with one attached hydrogen (secondary N) is 1.